The van der Waals surface area contributed by atoms with Gasteiger partial charge in [-0.3, -0.25) is 10.1 Å². The van der Waals surface area contributed by atoms with E-state index in [1.54, 1.807) is 7.11 Å². The molecule has 0 bridgehead atoms. The molecule has 27 heavy (non-hydrogen) atoms. The van der Waals surface area contributed by atoms with Crippen molar-refractivity contribution in [3.05, 3.63) is 59.5 Å². The summed E-state index contributed by atoms with van der Waals surface area (Å²) < 4.78 is 10.9. The first-order valence-electron chi connectivity index (χ1n) is 8.68. The molecule has 0 radical (unpaired) electrons. The highest BCUT2D eigenvalue weighted by Gasteiger charge is 2.11. The van der Waals surface area contributed by atoms with Crippen molar-refractivity contribution in [3.63, 3.8) is 0 Å². The zero-order chi connectivity index (χ0) is 19.2. The number of amides is 1. The minimum Gasteiger partial charge on any atom is -0.496 e. The predicted octanol–water partition coefficient (Wildman–Crippen LogP) is 4.96. The van der Waals surface area contributed by atoms with Gasteiger partial charge in [-0.25, -0.2) is 4.98 Å². The van der Waals surface area contributed by atoms with Crippen LogP contribution in [0.1, 0.15) is 25.3 Å². The van der Waals surface area contributed by atoms with E-state index in [0.29, 0.717) is 16.8 Å². The maximum Gasteiger partial charge on any atom is 0.264 e. The van der Waals surface area contributed by atoms with E-state index in [9.17, 15) is 4.79 Å². The Bertz CT molecular complexity index is 904. The largest absolute Gasteiger partial charge is 0.496 e. The number of anilines is 1. The molecule has 0 fully saturated rings. The summed E-state index contributed by atoms with van der Waals surface area (Å²) in [5, 5.41) is 5.19. The summed E-state index contributed by atoms with van der Waals surface area (Å²) in [6, 6.07) is 15.4. The molecule has 1 aromatic heterocycles. The number of para-hydroxylation sites is 1. The fraction of sp³-hybridized carbons (Fsp3) is 0.238. The summed E-state index contributed by atoms with van der Waals surface area (Å²) in [4.78, 5) is 16.6. The second kappa shape index (κ2) is 8.68. The van der Waals surface area contributed by atoms with Gasteiger partial charge in [0.2, 0.25) is 0 Å². The van der Waals surface area contributed by atoms with Crippen LogP contribution in [-0.4, -0.2) is 24.6 Å². The number of aromatic nitrogens is 1. The molecule has 0 saturated carbocycles. The van der Waals surface area contributed by atoms with Crippen LogP contribution >= 0.6 is 11.3 Å². The van der Waals surface area contributed by atoms with Gasteiger partial charge in [0.15, 0.2) is 11.7 Å². The van der Waals surface area contributed by atoms with Crippen LogP contribution in [0.2, 0.25) is 0 Å². The van der Waals surface area contributed by atoms with Crippen molar-refractivity contribution < 1.29 is 14.3 Å². The maximum absolute atomic E-state index is 12.1. The fourth-order valence-electron chi connectivity index (χ4n) is 2.56. The molecule has 0 aliphatic carbocycles. The number of nitrogens with zero attached hydrogens (tertiary/aromatic N) is 1. The van der Waals surface area contributed by atoms with Crippen molar-refractivity contribution >= 4 is 22.4 Å². The third-order valence-electron chi connectivity index (χ3n) is 4.05. The lowest BCUT2D eigenvalue weighted by Crippen LogP contribution is -2.20. The van der Waals surface area contributed by atoms with E-state index in [1.165, 1.54) is 16.9 Å². The van der Waals surface area contributed by atoms with Crippen LogP contribution in [0.3, 0.4) is 0 Å². The molecule has 0 saturated heterocycles. The zero-order valence-corrected chi connectivity index (χ0v) is 16.4. The van der Waals surface area contributed by atoms with E-state index < -0.39 is 0 Å². The lowest BCUT2D eigenvalue weighted by atomic mass is 10.0. The van der Waals surface area contributed by atoms with Gasteiger partial charge in [0.1, 0.15) is 11.5 Å². The van der Waals surface area contributed by atoms with Crippen LogP contribution in [0.5, 0.6) is 11.5 Å². The third-order valence-corrected chi connectivity index (χ3v) is 4.81. The molecule has 6 heteroatoms. The molecule has 2 aromatic carbocycles. The van der Waals surface area contributed by atoms with Crippen molar-refractivity contribution in [2.45, 2.75) is 19.8 Å². The lowest BCUT2D eigenvalue weighted by molar-refractivity contribution is -0.118. The molecule has 1 heterocycles. The van der Waals surface area contributed by atoms with Gasteiger partial charge in [-0.1, -0.05) is 38.1 Å². The molecule has 1 N–H and O–H groups in total. The van der Waals surface area contributed by atoms with E-state index in [4.69, 9.17) is 9.47 Å². The highest BCUT2D eigenvalue weighted by molar-refractivity contribution is 7.14. The van der Waals surface area contributed by atoms with Gasteiger partial charge in [0.05, 0.1) is 12.8 Å². The van der Waals surface area contributed by atoms with E-state index in [-0.39, 0.29) is 12.5 Å². The van der Waals surface area contributed by atoms with Crippen LogP contribution in [0.25, 0.3) is 11.3 Å². The molecule has 3 aromatic rings. The SMILES string of the molecule is COc1ccccc1-c1csc(NC(=O)COc2ccc(C(C)C)cc2)n1. The van der Waals surface area contributed by atoms with Crippen molar-refractivity contribution in [2.24, 2.45) is 0 Å². The number of ether oxygens (including phenoxy) is 2. The van der Waals surface area contributed by atoms with Crippen LogP contribution < -0.4 is 14.8 Å². The van der Waals surface area contributed by atoms with E-state index >= 15 is 0 Å². The number of thiazole rings is 1. The van der Waals surface area contributed by atoms with Crippen molar-refractivity contribution in [2.75, 3.05) is 19.0 Å². The highest BCUT2D eigenvalue weighted by atomic mass is 32.1. The summed E-state index contributed by atoms with van der Waals surface area (Å²) in [5.74, 6) is 1.63. The van der Waals surface area contributed by atoms with E-state index in [0.717, 1.165) is 17.0 Å². The topological polar surface area (TPSA) is 60.5 Å². The Morgan fingerprint density at radius 2 is 1.89 bits per heavy atom. The van der Waals surface area contributed by atoms with Crippen LogP contribution in [-0.2, 0) is 4.79 Å². The average molecular weight is 382 g/mol. The Hall–Kier alpha value is -2.86. The number of methoxy groups -OCH3 is 1. The number of hydrogen-bond acceptors (Lipinski definition) is 5. The molecular weight excluding hydrogens is 360 g/mol. The molecule has 140 valence electrons. The summed E-state index contributed by atoms with van der Waals surface area (Å²) >= 11 is 1.36. The van der Waals surface area contributed by atoms with Gasteiger partial charge < -0.3 is 9.47 Å². The number of carbonyl (C=O) groups is 1. The number of carbonyl (C=O) groups excluding carboxylic acids is 1. The van der Waals surface area contributed by atoms with Gasteiger partial charge in [0.25, 0.3) is 5.91 Å². The first-order chi connectivity index (χ1) is 13.1. The normalized spacial score (nSPS) is 10.7. The summed E-state index contributed by atoms with van der Waals surface area (Å²) in [6.07, 6.45) is 0. The summed E-state index contributed by atoms with van der Waals surface area (Å²) in [6.45, 7) is 4.21. The lowest BCUT2D eigenvalue weighted by Gasteiger charge is -2.08. The third kappa shape index (κ3) is 4.86. The van der Waals surface area contributed by atoms with Gasteiger partial charge in [-0.05, 0) is 35.7 Å². The number of benzene rings is 2. The minimum absolute atomic E-state index is 0.0649. The second-order valence-electron chi connectivity index (χ2n) is 6.30. The van der Waals surface area contributed by atoms with E-state index in [1.807, 2.05) is 53.9 Å². The summed E-state index contributed by atoms with van der Waals surface area (Å²) in [5.41, 5.74) is 2.88. The smallest absolute Gasteiger partial charge is 0.264 e. The Kier molecular flexibility index (Phi) is 6.08. The van der Waals surface area contributed by atoms with Crippen LogP contribution in [0, 0.1) is 0 Å². The van der Waals surface area contributed by atoms with E-state index in [2.05, 4.69) is 24.1 Å². The maximum atomic E-state index is 12.1. The number of nitrogens with one attached hydrogen (secondary N) is 1. The first-order valence-corrected chi connectivity index (χ1v) is 9.56. The predicted molar refractivity (Wildman–Crippen MR) is 109 cm³/mol. The molecular formula is C21H22N2O3S. The molecule has 3 rings (SSSR count). The quantitative estimate of drug-likeness (QED) is 0.627. The first kappa shape index (κ1) is 18.9. The second-order valence-corrected chi connectivity index (χ2v) is 7.16. The molecule has 0 spiro atoms. The zero-order valence-electron chi connectivity index (χ0n) is 15.6. The molecule has 1 amide bonds. The van der Waals surface area contributed by atoms with Crippen molar-refractivity contribution in [3.8, 4) is 22.8 Å². The van der Waals surface area contributed by atoms with Crippen molar-refractivity contribution in [1.82, 2.24) is 4.98 Å². The molecule has 0 unspecified atom stereocenters. The van der Waals surface area contributed by atoms with Gasteiger partial charge >= 0.3 is 0 Å². The molecule has 0 aliphatic heterocycles. The number of hydrogen-bond donors (Lipinski definition) is 1. The Labute approximate surface area is 163 Å². The average Bonchev–Trinajstić information content (AvgIpc) is 3.14. The molecule has 0 aliphatic rings. The standard InChI is InChI=1S/C21H22N2O3S/c1-14(2)15-8-10-16(11-9-15)26-12-20(24)23-21-22-18(13-27-21)17-6-4-5-7-19(17)25-3/h4-11,13-14H,12H2,1-3H3,(H,22,23,24). The van der Waals surface area contributed by atoms with Gasteiger partial charge in [-0.15, -0.1) is 11.3 Å². The number of rotatable bonds is 7. The Morgan fingerprint density at radius 3 is 2.59 bits per heavy atom. The molecule has 0 atom stereocenters. The molecule has 5 nitrogen and oxygen atoms in total. The monoisotopic (exact) mass is 382 g/mol. The Morgan fingerprint density at radius 1 is 1.15 bits per heavy atom. The Balaban J connectivity index is 1.58. The van der Waals surface area contributed by atoms with Crippen LogP contribution in [0.4, 0.5) is 5.13 Å². The van der Waals surface area contributed by atoms with Crippen LogP contribution in [0.15, 0.2) is 53.9 Å². The van der Waals surface area contributed by atoms with Crippen molar-refractivity contribution in [1.29, 1.82) is 0 Å². The van der Waals surface area contributed by atoms with Gasteiger partial charge in [-0.2, -0.15) is 0 Å². The van der Waals surface area contributed by atoms with Gasteiger partial charge in [0, 0.05) is 10.9 Å². The fourth-order valence-corrected chi connectivity index (χ4v) is 3.29. The minimum atomic E-state index is -0.246. The highest BCUT2D eigenvalue weighted by Crippen LogP contribution is 2.31. The summed E-state index contributed by atoms with van der Waals surface area (Å²) in [7, 11) is 1.62.